The van der Waals surface area contributed by atoms with E-state index >= 15 is 0 Å². The fraction of sp³-hybridized carbons (Fsp3) is 0.833. The van der Waals surface area contributed by atoms with Crippen LogP contribution in [0.4, 0.5) is 0 Å². The van der Waals surface area contributed by atoms with E-state index in [1.165, 1.54) is 25.7 Å². The lowest BCUT2D eigenvalue weighted by Crippen LogP contribution is -2.13. The molecule has 1 heteroatoms. The summed E-state index contributed by atoms with van der Waals surface area (Å²) in [6.07, 6.45) is 10.6. The Morgan fingerprint density at radius 3 is 2.85 bits per heavy atom. The Morgan fingerprint density at radius 2 is 2.23 bits per heavy atom. The Morgan fingerprint density at radius 1 is 1.23 bits per heavy atom. The van der Waals surface area contributed by atoms with Gasteiger partial charge in [0, 0.05) is 13.2 Å². The van der Waals surface area contributed by atoms with E-state index in [4.69, 9.17) is 4.74 Å². The van der Waals surface area contributed by atoms with Crippen LogP contribution >= 0.6 is 0 Å². The van der Waals surface area contributed by atoms with Crippen molar-refractivity contribution in [1.29, 1.82) is 0 Å². The van der Waals surface area contributed by atoms with Crippen molar-refractivity contribution in [2.45, 2.75) is 25.7 Å². The van der Waals surface area contributed by atoms with Gasteiger partial charge in [-0.1, -0.05) is 12.2 Å². The van der Waals surface area contributed by atoms with Crippen molar-refractivity contribution < 1.29 is 4.74 Å². The molecule has 0 aromatic rings. The summed E-state index contributed by atoms with van der Waals surface area (Å²) in [5.41, 5.74) is 0. The Kier molecular flexibility index (Phi) is 1.93. The first-order valence-electron chi connectivity index (χ1n) is 5.68. The summed E-state index contributed by atoms with van der Waals surface area (Å²) in [7, 11) is 0. The zero-order valence-corrected chi connectivity index (χ0v) is 8.11. The summed E-state index contributed by atoms with van der Waals surface area (Å²) in [5, 5.41) is 0. The van der Waals surface area contributed by atoms with Crippen molar-refractivity contribution in [2.24, 2.45) is 23.7 Å². The summed E-state index contributed by atoms with van der Waals surface area (Å²) < 4.78 is 5.43. The van der Waals surface area contributed by atoms with Gasteiger partial charge < -0.3 is 4.74 Å². The van der Waals surface area contributed by atoms with Gasteiger partial charge in [0.15, 0.2) is 0 Å². The van der Waals surface area contributed by atoms with Crippen molar-refractivity contribution in [3.05, 3.63) is 12.2 Å². The van der Waals surface area contributed by atoms with Crippen LogP contribution < -0.4 is 0 Å². The van der Waals surface area contributed by atoms with Crippen molar-refractivity contribution >= 4 is 0 Å². The minimum Gasteiger partial charge on any atom is -0.381 e. The molecule has 0 aromatic carbocycles. The molecule has 1 aliphatic heterocycles. The Balaban J connectivity index is 1.58. The molecule has 13 heavy (non-hydrogen) atoms. The molecule has 4 atom stereocenters. The fourth-order valence-corrected chi connectivity index (χ4v) is 3.36. The van der Waals surface area contributed by atoms with Gasteiger partial charge in [-0.3, -0.25) is 0 Å². The van der Waals surface area contributed by atoms with Crippen LogP contribution in [0.3, 0.4) is 0 Å². The molecule has 0 aromatic heterocycles. The van der Waals surface area contributed by atoms with E-state index in [1.54, 1.807) is 0 Å². The standard InChI is InChI=1S/C12H18O/c1-2-11-5-9(1)6-12(11)7-10-3-4-13-8-10/h1-2,9-12H,3-8H2. The second-order valence-electron chi connectivity index (χ2n) is 5.01. The zero-order valence-electron chi connectivity index (χ0n) is 8.11. The van der Waals surface area contributed by atoms with Crippen LogP contribution in [-0.2, 0) is 4.74 Å². The van der Waals surface area contributed by atoms with Gasteiger partial charge in [-0.2, -0.15) is 0 Å². The molecular weight excluding hydrogens is 160 g/mol. The maximum absolute atomic E-state index is 5.43. The van der Waals surface area contributed by atoms with Crippen molar-refractivity contribution in [2.75, 3.05) is 13.2 Å². The predicted molar refractivity (Wildman–Crippen MR) is 52.4 cm³/mol. The molecule has 2 aliphatic carbocycles. The molecule has 0 radical (unpaired) electrons. The van der Waals surface area contributed by atoms with E-state index in [2.05, 4.69) is 12.2 Å². The molecule has 3 rings (SSSR count). The first-order valence-corrected chi connectivity index (χ1v) is 5.68. The van der Waals surface area contributed by atoms with Crippen LogP contribution in [0.2, 0.25) is 0 Å². The van der Waals surface area contributed by atoms with Crippen LogP contribution in [0.25, 0.3) is 0 Å². The molecule has 0 N–H and O–H groups in total. The van der Waals surface area contributed by atoms with E-state index < -0.39 is 0 Å². The van der Waals surface area contributed by atoms with Gasteiger partial charge in [0.1, 0.15) is 0 Å². The summed E-state index contributed by atoms with van der Waals surface area (Å²) in [5.74, 6) is 3.77. The summed E-state index contributed by atoms with van der Waals surface area (Å²) >= 11 is 0. The molecule has 2 fully saturated rings. The molecule has 0 spiro atoms. The molecule has 2 bridgehead atoms. The van der Waals surface area contributed by atoms with Gasteiger partial charge in [0.2, 0.25) is 0 Å². The smallest absolute Gasteiger partial charge is 0.0495 e. The number of hydrogen-bond donors (Lipinski definition) is 0. The molecule has 0 amide bonds. The summed E-state index contributed by atoms with van der Waals surface area (Å²) in [6, 6.07) is 0. The molecule has 4 unspecified atom stereocenters. The molecule has 72 valence electrons. The minimum atomic E-state index is 0.887. The Bertz CT molecular complexity index is 215. The molecule has 1 saturated carbocycles. The van der Waals surface area contributed by atoms with E-state index in [1.807, 2.05) is 0 Å². The lowest BCUT2D eigenvalue weighted by molar-refractivity contribution is 0.178. The van der Waals surface area contributed by atoms with Crippen molar-refractivity contribution in [1.82, 2.24) is 0 Å². The third-order valence-corrected chi connectivity index (χ3v) is 4.08. The average Bonchev–Trinajstić information content (AvgIpc) is 2.77. The molecule has 1 saturated heterocycles. The Labute approximate surface area is 80.2 Å². The SMILES string of the molecule is C1=CC2CC1CC2CC1CCOC1. The van der Waals surface area contributed by atoms with Crippen LogP contribution in [0.5, 0.6) is 0 Å². The molecule has 1 heterocycles. The van der Waals surface area contributed by atoms with Crippen LogP contribution in [0.1, 0.15) is 25.7 Å². The topological polar surface area (TPSA) is 9.23 Å². The fourth-order valence-electron chi connectivity index (χ4n) is 3.36. The van der Waals surface area contributed by atoms with Crippen molar-refractivity contribution in [3.63, 3.8) is 0 Å². The highest BCUT2D eigenvalue weighted by molar-refractivity contribution is 5.10. The largest absolute Gasteiger partial charge is 0.381 e. The second-order valence-corrected chi connectivity index (χ2v) is 5.01. The second kappa shape index (κ2) is 3.13. The van der Waals surface area contributed by atoms with Gasteiger partial charge in [-0.15, -0.1) is 0 Å². The predicted octanol–water partition coefficient (Wildman–Crippen LogP) is 2.63. The first kappa shape index (κ1) is 8.05. The highest BCUT2D eigenvalue weighted by Crippen LogP contribution is 2.46. The molecule has 1 nitrogen and oxygen atoms in total. The van der Waals surface area contributed by atoms with Gasteiger partial charge in [-0.25, -0.2) is 0 Å². The van der Waals surface area contributed by atoms with Gasteiger partial charge in [0.25, 0.3) is 0 Å². The summed E-state index contributed by atoms with van der Waals surface area (Å²) in [4.78, 5) is 0. The lowest BCUT2D eigenvalue weighted by Gasteiger charge is -2.20. The Hall–Kier alpha value is -0.300. The highest BCUT2D eigenvalue weighted by Gasteiger charge is 2.36. The molecule has 3 aliphatic rings. The van der Waals surface area contributed by atoms with Crippen LogP contribution in [-0.4, -0.2) is 13.2 Å². The number of rotatable bonds is 2. The quantitative estimate of drug-likeness (QED) is 0.591. The third-order valence-electron chi connectivity index (χ3n) is 4.08. The zero-order chi connectivity index (χ0) is 8.67. The normalized spacial score (nSPS) is 47.7. The number of allylic oxidation sites excluding steroid dienone is 2. The van der Waals surface area contributed by atoms with Gasteiger partial charge >= 0.3 is 0 Å². The van der Waals surface area contributed by atoms with E-state index in [9.17, 15) is 0 Å². The minimum absolute atomic E-state index is 0.887. The lowest BCUT2D eigenvalue weighted by atomic mass is 9.85. The van der Waals surface area contributed by atoms with Crippen LogP contribution in [0.15, 0.2) is 12.2 Å². The van der Waals surface area contributed by atoms with Crippen molar-refractivity contribution in [3.8, 4) is 0 Å². The number of hydrogen-bond acceptors (Lipinski definition) is 1. The summed E-state index contributed by atoms with van der Waals surface area (Å²) in [6.45, 7) is 2.05. The van der Waals surface area contributed by atoms with E-state index in [0.717, 1.165) is 36.9 Å². The third kappa shape index (κ3) is 1.43. The number of fused-ring (bicyclic) bond motifs is 2. The number of ether oxygens (including phenoxy) is 1. The monoisotopic (exact) mass is 178 g/mol. The molecular formula is C12H18O. The van der Waals surface area contributed by atoms with E-state index in [0.29, 0.717) is 0 Å². The average molecular weight is 178 g/mol. The van der Waals surface area contributed by atoms with Crippen LogP contribution in [0, 0.1) is 23.7 Å². The maximum atomic E-state index is 5.43. The van der Waals surface area contributed by atoms with Gasteiger partial charge in [0.05, 0.1) is 0 Å². The first-order chi connectivity index (χ1) is 6.42. The van der Waals surface area contributed by atoms with Gasteiger partial charge in [-0.05, 0) is 49.4 Å². The maximum Gasteiger partial charge on any atom is 0.0495 e. The highest BCUT2D eigenvalue weighted by atomic mass is 16.5. The van der Waals surface area contributed by atoms with E-state index in [-0.39, 0.29) is 0 Å².